The molecule has 0 spiro atoms. The molecule has 1 heterocycles. The summed E-state index contributed by atoms with van der Waals surface area (Å²) in [7, 11) is -3.34. The number of carbonyl (C=O) groups is 1. The van der Waals surface area contributed by atoms with Crippen molar-refractivity contribution in [2.45, 2.75) is 38.0 Å². The molecule has 4 rings (SSSR count). The molecule has 29 heavy (non-hydrogen) atoms. The molecular weight excluding hydrogens is 431 g/mol. The average Bonchev–Trinajstić information content (AvgIpc) is 2.98. The molecule has 0 unspecified atom stereocenters. The lowest BCUT2D eigenvalue weighted by molar-refractivity contribution is 0.102. The van der Waals surface area contributed by atoms with Crippen LogP contribution >= 0.6 is 23.2 Å². The predicted octanol–water partition coefficient (Wildman–Crippen LogP) is 5.23. The minimum absolute atomic E-state index is 0.0893. The van der Waals surface area contributed by atoms with Crippen LogP contribution in [0.2, 0.25) is 10.0 Å². The van der Waals surface area contributed by atoms with Gasteiger partial charge in [-0.2, -0.15) is 0 Å². The Kier molecular flexibility index (Phi) is 5.30. The summed E-state index contributed by atoms with van der Waals surface area (Å²) < 4.78 is 25.7. The molecule has 1 aliphatic carbocycles. The zero-order valence-corrected chi connectivity index (χ0v) is 18.4. The maximum atomic E-state index is 12.9. The fourth-order valence-electron chi connectivity index (χ4n) is 3.98. The van der Waals surface area contributed by atoms with E-state index in [4.69, 9.17) is 23.2 Å². The number of carbonyl (C=O) groups excluding carboxylic acids is 1. The molecule has 1 amide bonds. The van der Waals surface area contributed by atoms with E-state index >= 15 is 0 Å². The lowest BCUT2D eigenvalue weighted by Crippen LogP contribution is -2.30. The van der Waals surface area contributed by atoms with Crippen molar-refractivity contribution in [3.63, 3.8) is 0 Å². The zero-order chi connectivity index (χ0) is 20.8. The fourth-order valence-corrected chi connectivity index (χ4v) is 5.97. The molecule has 1 saturated heterocycles. The summed E-state index contributed by atoms with van der Waals surface area (Å²) in [6.45, 7) is 2.60. The number of nitrogens with zero attached hydrogens (tertiary/aromatic N) is 1. The van der Waals surface area contributed by atoms with Gasteiger partial charge in [0.1, 0.15) is 0 Å². The Bertz CT molecular complexity index is 1080. The van der Waals surface area contributed by atoms with Gasteiger partial charge in [0.25, 0.3) is 5.91 Å². The van der Waals surface area contributed by atoms with Crippen LogP contribution < -0.4 is 9.62 Å². The molecule has 0 aromatic heterocycles. The standard InChI is InChI=1S/C21H22Cl2N2O3S/c1-21(6-2-7-21)14-10-15(22)12-16(11-14)24-20(26)18-13-17(4-5-19(18)23)25-8-3-9-29(25,27)28/h4-5,10-13H,2-3,6-9H2,1H3,(H,24,26). The summed E-state index contributed by atoms with van der Waals surface area (Å²) in [6.07, 6.45) is 3.95. The molecule has 0 bridgehead atoms. The molecule has 2 aromatic rings. The van der Waals surface area contributed by atoms with Gasteiger partial charge in [0.2, 0.25) is 10.0 Å². The highest BCUT2D eigenvalue weighted by Crippen LogP contribution is 2.44. The predicted molar refractivity (Wildman–Crippen MR) is 118 cm³/mol. The van der Waals surface area contributed by atoms with Crippen molar-refractivity contribution in [2.24, 2.45) is 0 Å². The van der Waals surface area contributed by atoms with Gasteiger partial charge in [-0.05, 0) is 66.6 Å². The number of nitrogens with one attached hydrogen (secondary N) is 1. The quantitative estimate of drug-likeness (QED) is 0.690. The molecule has 1 N–H and O–H groups in total. The molecule has 154 valence electrons. The summed E-state index contributed by atoms with van der Waals surface area (Å²) in [5.74, 6) is -0.290. The monoisotopic (exact) mass is 452 g/mol. The second-order valence-electron chi connectivity index (χ2n) is 8.00. The third-order valence-corrected chi connectivity index (χ3v) is 8.31. The lowest BCUT2D eigenvalue weighted by Gasteiger charge is -2.39. The summed E-state index contributed by atoms with van der Waals surface area (Å²) in [4.78, 5) is 12.9. The van der Waals surface area contributed by atoms with Crippen LogP contribution in [0.3, 0.4) is 0 Å². The highest BCUT2D eigenvalue weighted by molar-refractivity contribution is 7.93. The number of halogens is 2. The van der Waals surface area contributed by atoms with Crippen molar-refractivity contribution < 1.29 is 13.2 Å². The molecule has 8 heteroatoms. The van der Waals surface area contributed by atoms with Gasteiger partial charge >= 0.3 is 0 Å². The lowest BCUT2D eigenvalue weighted by atomic mass is 9.66. The summed E-state index contributed by atoms with van der Waals surface area (Å²) in [6, 6.07) is 10.3. The second kappa shape index (κ2) is 7.49. The van der Waals surface area contributed by atoms with Gasteiger partial charge in [0.05, 0.1) is 22.0 Å². The van der Waals surface area contributed by atoms with E-state index in [0.29, 0.717) is 29.4 Å². The van der Waals surface area contributed by atoms with Crippen molar-refractivity contribution in [1.29, 1.82) is 0 Å². The van der Waals surface area contributed by atoms with Crippen LogP contribution in [0, 0.1) is 0 Å². The average molecular weight is 453 g/mol. The zero-order valence-electron chi connectivity index (χ0n) is 16.0. The molecular formula is C21H22Cl2N2O3S. The first-order valence-electron chi connectivity index (χ1n) is 9.60. The second-order valence-corrected chi connectivity index (χ2v) is 10.9. The Morgan fingerprint density at radius 2 is 1.86 bits per heavy atom. The number of benzene rings is 2. The van der Waals surface area contributed by atoms with E-state index in [1.807, 2.05) is 12.1 Å². The third-order valence-electron chi connectivity index (χ3n) is 5.89. The first-order chi connectivity index (χ1) is 13.7. The van der Waals surface area contributed by atoms with Crippen LogP contribution in [0.15, 0.2) is 36.4 Å². The smallest absolute Gasteiger partial charge is 0.257 e. The Balaban J connectivity index is 1.61. The van der Waals surface area contributed by atoms with Crippen LogP contribution in [0.1, 0.15) is 48.5 Å². The van der Waals surface area contributed by atoms with Crippen molar-refractivity contribution in [3.05, 3.63) is 57.6 Å². The van der Waals surface area contributed by atoms with Gasteiger partial charge in [0, 0.05) is 17.3 Å². The highest BCUT2D eigenvalue weighted by Gasteiger charge is 2.34. The molecule has 5 nitrogen and oxygen atoms in total. The van der Waals surface area contributed by atoms with E-state index in [9.17, 15) is 13.2 Å². The van der Waals surface area contributed by atoms with Gasteiger partial charge in [-0.15, -0.1) is 0 Å². The SMILES string of the molecule is CC1(c2cc(Cl)cc(NC(=O)c3cc(N4CCCS4(=O)=O)ccc3Cl)c2)CCC1. The van der Waals surface area contributed by atoms with Gasteiger partial charge in [-0.25, -0.2) is 8.42 Å². The van der Waals surface area contributed by atoms with Crippen LogP contribution in [0.4, 0.5) is 11.4 Å². The maximum absolute atomic E-state index is 12.9. The van der Waals surface area contributed by atoms with Crippen molar-refractivity contribution in [1.82, 2.24) is 0 Å². The molecule has 0 radical (unpaired) electrons. The van der Waals surface area contributed by atoms with Gasteiger partial charge in [0.15, 0.2) is 0 Å². The van der Waals surface area contributed by atoms with Crippen molar-refractivity contribution in [3.8, 4) is 0 Å². The maximum Gasteiger partial charge on any atom is 0.257 e. The normalized spacial score (nSPS) is 19.6. The number of rotatable bonds is 4. The van der Waals surface area contributed by atoms with Gasteiger partial charge in [-0.3, -0.25) is 9.10 Å². The summed E-state index contributed by atoms with van der Waals surface area (Å²) in [5.41, 5.74) is 2.47. The number of hydrogen-bond acceptors (Lipinski definition) is 3. The van der Waals surface area contributed by atoms with E-state index in [1.165, 1.54) is 16.8 Å². The largest absolute Gasteiger partial charge is 0.322 e. The van der Waals surface area contributed by atoms with Gasteiger partial charge < -0.3 is 5.32 Å². The Hall–Kier alpha value is -1.76. The van der Waals surface area contributed by atoms with Crippen LogP contribution in [0.25, 0.3) is 0 Å². The first kappa shape index (κ1) is 20.5. The topological polar surface area (TPSA) is 66.5 Å². The molecule has 2 aliphatic rings. The van der Waals surface area contributed by atoms with E-state index in [1.54, 1.807) is 18.2 Å². The summed E-state index contributed by atoms with van der Waals surface area (Å²) in [5, 5.41) is 3.69. The Morgan fingerprint density at radius 3 is 2.48 bits per heavy atom. The van der Waals surface area contributed by atoms with Crippen LogP contribution in [-0.2, 0) is 15.4 Å². The van der Waals surface area contributed by atoms with Crippen molar-refractivity contribution >= 4 is 50.5 Å². The molecule has 1 aliphatic heterocycles. The molecule has 2 fully saturated rings. The van der Waals surface area contributed by atoms with E-state index in [-0.39, 0.29) is 21.8 Å². The first-order valence-corrected chi connectivity index (χ1v) is 12.0. The minimum Gasteiger partial charge on any atom is -0.322 e. The third kappa shape index (κ3) is 3.98. The number of hydrogen-bond donors (Lipinski definition) is 1. The van der Waals surface area contributed by atoms with Crippen LogP contribution in [0.5, 0.6) is 0 Å². The Morgan fingerprint density at radius 1 is 1.10 bits per heavy atom. The van der Waals surface area contributed by atoms with E-state index in [0.717, 1.165) is 18.4 Å². The van der Waals surface area contributed by atoms with E-state index in [2.05, 4.69) is 12.2 Å². The molecule has 2 aromatic carbocycles. The molecule has 1 saturated carbocycles. The van der Waals surface area contributed by atoms with Gasteiger partial charge in [-0.1, -0.05) is 36.5 Å². The summed E-state index contributed by atoms with van der Waals surface area (Å²) >= 11 is 12.5. The fraction of sp³-hybridized carbons (Fsp3) is 0.381. The minimum atomic E-state index is -3.34. The molecule has 0 atom stereocenters. The number of anilines is 2. The highest BCUT2D eigenvalue weighted by atomic mass is 35.5. The van der Waals surface area contributed by atoms with E-state index < -0.39 is 15.9 Å². The van der Waals surface area contributed by atoms with Crippen LogP contribution in [-0.4, -0.2) is 26.6 Å². The Labute approximate surface area is 181 Å². The van der Waals surface area contributed by atoms with Crippen molar-refractivity contribution in [2.75, 3.05) is 21.9 Å². The number of amides is 1. The number of sulfonamides is 1.